The van der Waals surface area contributed by atoms with Crippen LogP contribution >= 0.6 is 0 Å². The molecule has 0 saturated carbocycles. The van der Waals surface area contributed by atoms with Gasteiger partial charge < -0.3 is 14.2 Å². The van der Waals surface area contributed by atoms with E-state index in [4.69, 9.17) is 14.2 Å². The van der Waals surface area contributed by atoms with E-state index in [0.29, 0.717) is 19.3 Å². The molecule has 0 aliphatic heterocycles. The van der Waals surface area contributed by atoms with Crippen molar-refractivity contribution in [3.8, 4) is 0 Å². The topological polar surface area (TPSA) is 78.9 Å². The van der Waals surface area contributed by atoms with Crippen molar-refractivity contribution in [2.24, 2.45) is 0 Å². The van der Waals surface area contributed by atoms with E-state index >= 15 is 0 Å². The number of hydrogen-bond donors (Lipinski definition) is 0. The molecule has 0 fully saturated rings. The maximum Gasteiger partial charge on any atom is 0.306 e. The van der Waals surface area contributed by atoms with E-state index in [0.717, 1.165) is 89.9 Å². The van der Waals surface area contributed by atoms with Crippen molar-refractivity contribution < 1.29 is 28.6 Å². The molecule has 69 heavy (non-hydrogen) atoms. The van der Waals surface area contributed by atoms with E-state index in [2.05, 4.69) is 45.1 Å². The Morgan fingerprint density at radius 1 is 0.290 bits per heavy atom. The van der Waals surface area contributed by atoms with Gasteiger partial charge in [0, 0.05) is 19.3 Å². The highest BCUT2D eigenvalue weighted by Gasteiger charge is 2.19. The van der Waals surface area contributed by atoms with Crippen LogP contribution in [0, 0.1) is 0 Å². The van der Waals surface area contributed by atoms with Gasteiger partial charge in [0.25, 0.3) is 0 Å². The first-order valence-electron chi connectivity index (χ1n) is 30.8. The lowest BCUT2D eigenvalue weighted by Gasteiger charge is -2.18. The molecule has 1 unspecified atom stereocenters. The summed E-state index contributed by atoms with van der Waals surface area (Å²) < 4.78 is 16.7. The molecular weight excluding hydrogens is 853 g/mol. The highest BCUT2D eigenvalue weighted by molar-refractivity contribution is 5.71. The monoisotopic (exact) mass is 971 g/mol. The summed E-state index contributed by atoms with van der Waals surface area (Å²) in [6.07, 6.45) is 69.7. The zero-order valence-corrected chi connectivity index (χ0v) is 46.6. The second kappa shape index (κ2) is 58.5. The number of carbonyl (C=O) groups is 3. The average Bonchev–Trinajstić information content (AvgIpc) is 3.35. The Labute approximate surface area is 430 Å². The van der Waals surface area contributed by atoms with Crippen LogP contribution in [0.25, 0.3) is 0 Å². The summed E-state index contributed by atoms with van der Waals surface area (Å²) in [5, 5.41) is 0. The van der Waals surface area contributed by atoms with E-state index < -0.39 is 6.10 Å². The number of hydrogen-bond acceptors (Lipinski definition) is 6. The van der Waals surface area contributed by atoms with Crippen LogP contribution in [0.15, 0.2) is 24.3 Å². The van der Waals surface area contributed by atoms with Crippen LogP contribution in [-0.4, -0.2) is 37.2 Å². The van der Waals surface area contributed by atoms with E-state index in [1.807, 2.05) is 0 Å². The minimum atomic E-state index is -0.771. The molecular formula is C63H118O6. The van der Waals surface area contributed by atoms with Gasteiger partial charge in [-0.2, -0.15) is 0 Å². The summed E-state index contributed by atoms with van der Waals surface area (Å²) in [5.41, 5.74) is 0. The van der Waals surface area contributed by atoms with Crippen LogP contribution < -0.4 is 0 Å². The summed E-state index contributed by atoms with van der Waals surface area (Å²) in [7, 11) is 0. The number of rotatable bonds is 57. The predicted molar refractivity (Wildman–Crippen MR) is 298 cm³/mol. The molecule has 6 heteroatoms. The van der Waals surface area contributed by atoms with Crippen LogP contribution in [0.3, 0.4) is 0 Å². The molecule has 0 bridgehead atoms. The summed E-state index contributed by atoms with van der Waals surface area (Å²) >= 11 is 0. The third-order valence-electron chi connectivity index (χ3n) is 14.0. The molecule has 0 saturated heterocycles. The van der Waals surface area contributed by atoms with E-state index in [-0.39, 0.29) is 31.1 Å². The fourth-order valence-electron chi connectivity index (χ4n) is 9.29. The molecule has 0 aromatic heterocycles. The van der Waals surface area contributed by atoms with Crippen molar-refractivity contribution in [2.75, 3.05) is 13.2 Å². The third-order valence-corrected chi connectivity index (χ3v) is 14.0. The van der Waals surface area contributed by atoms with Gasteiger partial charge in [-0.25, -0.2) is 0 Å². The van der Waals surface area contributed by atoms with Crippen molar-refractivity contribution in [3.05, 3.63) is 24.3 Å². The van der Waals surface area contributed by atoms with E-state index in [1.165, 1.54) is 212 Å². The minimum Gasteiger partial charge on any atom is -0.462 e. The Kier molecular flexibility index (Phi) is 56.7. The van der Waals surface area contributed by atoms with Gasteiger partial charge in [0.1, 0.15) is 13.2 Å². The lowest BCUT2D eigenvalue weighted by atomic mass is 10.0. The van der Waals surface area contributed by atoms with Gasteiger partial charge in [-0.1, -0.05) is 302 Å². The summed E-state index contributed by atoms with van der Waals surface area (Å²) in [5.74, 6) is -0.886. The molecule has 0 aromatic rings. The molecule has 406 valence electrons. The van der Waals surface area contributed by atoms with Crippen molar-refractivity contribution in [1.29, 1.82) is 0 Å². The second-order valence-electron chi connectivity index (χ2n) is 21.0. The minimum absolute atomic E-state index is 0.0734. The average molecular weight is 972 g/mol. The standard InChI is InChI=1S/C63H118O6/c1-4-7-10-13-15-17-19-21-23-24-25-26-27-28-29-30-31-32-33-34-35-36-37-38-39-40-42-43-45-47-50-53-56-62(65)68-59-60(58-67-61(64)55-52-49-12-9-6-3)69-63(66)57-54-51-48-46-44-41-22-20-18-16-14-11-8-5-2/h14,16,20,22,60H,4-13,15,17-19,21,23-59H2,1-3H3/b16-14-,22-20-. The molecule has 1 atom stereocenters. The number of unbranched alkanes of at least 4 members (excludes halogenated alkanes) is 42. The molecule has 0 heterocycles. The summed E-state index contributed by atoms with van der Waals surface area (Å²) in [6, 6.07) is 0. The van der Waals surface area contributed by atoms with Crippen LogP contribution in [0.4, 0.5) is 0 Å². The quantitative estimate of drug-likeness (QED) is 0.0261. The van der Waals surface area contributed by atoms with Gasteiger partial charge in [0.15, 0.2) is 6.10 Å². The zero-order valence-electron chi connectivity index (χ0n) is 46.6. The highest BCUT2D eigenvalue weighted by Crippen LogP contribution is 2.18. The lowest BCUT2D eigenvalue weighted by Crippen LogP contribution is -2.30. The van der Waals surface area contributed by atoms with Gasteiger partial charge in [-0.3, -0.25) is 14.4 Å². The van der Waals surface area contributed by atoms with Gasteiger partial charge in [0.2, 0.25) is 0 Å². The van der Waals surface area contributed by atoms with Gasteiger partial charge in [-0.15, -0.1) is 0 Å². The molecule has 0 aliphatic rings. The van der Waals surface area contributed by atoms with Crippen molar-refractivity contribution in [1.82, 2.24) is 0 Å². The van der Waals surface area contributed by atoms with Crippen LogP contribution in [0.5, 0.6) is 0 Å². The summed E-state index contributed by atoms with van der Waals surface area (Å²) in [6.45, 7) is 6.55. The van der Waals surface area contributed by atoms with Crippen LogP contribution in [-0.2, 0) is 28.6 Å². The first-order valence-corrected chi connectivity index (χ1v) is 30.8. The molecule has 0 radical (unpaired) electrons. The normalized spacial score (nSPS) is 12.1. The van der Waals surface area contributed by atoms with E-state index in [1.54, 1.807) is 0 Å². The second-order valence-corrected chi connectivity index (χ2v) is 21.0. The number of esters is 3. The van der Waals surface area contributed by atoms with Crippen LogP contribution in [0.1, 0.15) is 342 Å². The molecule has 0 N–H and O–H groups in total. The molecule has 0 rings (SSSR count). The first kappa shape index (κ1) is 66.9. The first-order chi connectivity index (χ1) is 34.0. The molecule has 0 aromatic carbocycles. The fraction of sp³-hybridized carbons (Fsp3) is 0.889. The van der Waals surface area contributed by atoms with Crippen molar-refractivity contribution in [3.63, 3.8) is 0 Å². The van der Waals surface area contributed by atoms with Crippen molar-refractivity contribution >= 4 is 17.9 Å². The Morgan fingerprint density at radius 2 is 0.536 bits per heavy atom. The van der Waals surface area contributed by atoms with Gasteiger partial charge in [0.05, 0.1) is 0 Å². The fourth-order valence-corrected chi connectivity index (χ4v) is 9.29. The SMILES string of the molecule is CCCC/C=C\C/C=C\CCCCCCCC(=O)OC(COC(=O)CCCCCCC)COC(=O)CCCCCCCCCCCCCCCCCCCCCCCCCCCCCCCCCC. The Morgan fingerprint density at radius 3 is 0.841 bits per heavy atom. The third kappa shape index (κ3) is 56.7. The number of ether oxygens (including phenoxy) is 3. The number of allylic oxidation sites excluding steroid dienone is 4. The Bertz CT molecular complexity index is 1110. The number of carbonyl (C=O) groups excluding carboxylic acids is 3. The highest BCUT2D eigenvalue weighted by atomic mass is 16.6. The molecule has 0 spiro atoms. The van der Waals surface area contributed by atoms with Crippen molar-refractivity contribution in [2.45, 2.75) is 348 Å². The van der Waals surface area contributed by atoms with E-state index in [9.17, 15) is 14.4 Å². The Balaban J connectivity index is 3.86. The maximum atomic E-state index is 12.7. The molecule has 0 aliphatic carbocycles. The van der Waals surface area contributed by atoms with Gasteiger partial charge >= 0.3 is 17.9 Å². The Hall–Kier alpha value is -2.11. The molecule has 6 nitrogen and oxygen atoms in total. The maximum absolute atomic E-state index is 12.7. The zero-order chi connectivity index (χ0) is 50.0. The molecule has 0 amide bonds. The predicted octanol–water partition coefficient (Wildman–Crippen LogP) is 20.7. The van der Waals surface area contributed by atoms with Crippen LogP contribution in [0.2, 0.25) is 0 Å². The summed E-state index contributed by atoms with van der Waals surface area (Å²) in [4.78, 5) is 37.7. The largest absolute Gasteiger partial charge is 0.462 e. The smallest absolute Gasteiger partial charge is 0.306 e. The lowest BCUT2D eigenvalue weighted by molar-refractivity contribution is -0.167. The van der Waals surface area contributed by atoms with Gasteiger partial charge in [-0.05, 0) is 44.9 Å².